The van der Waals surface area contributed by atoms with Gasteiger partial charge in [-0.2, -0.15) is 0 Å². The maximum Gasteiger partial charge on any atom is 0.338 e. The minimum Gasteiger partial charge on any atom is -0.460 e. The van der Waals surface area contributed by atoms with Crippen molar-refractivity contribution in [2.75, 3.05) is 0 Å². The molecule has 1 fully saturated rings. The van der Waals surface area contributed by atoms with Crippen molar-refractivity contribution >= 4 is 29.3 Å². The Morgan fingerprint density at radius 3 is 2.75 bits per heavy atom. The van der Waals surface area contributed by atoms with Gasteiger partial charge in [0.15, 0.2) is 4.21 Å². The molecule has 1 saturated heterocycles. The van der Waals surface area contributed by atoms with Crippen LogP contribution < -0.4 is 0 Å². The number of hydrogen-bond acceptors (Lipinski definition) is 3. The summed E-state index contributed by atoms with van der Waals surface area (Å²) in [5.74, 6) is -0.310. The van der Waals surface area contributed by atoms with Crippen LogP contribution in [0.5, 0.6) is 0 Å². The molecule has 16 heavy (non-hydrogen) atoms. The van der Waals surface area contributed by atoms with Crippen LogP contribution in [0.4, 0.5) is 0 Å². The van der Waals surface area contributed by atoms with Crippen LogP contribution in [-0.2, 0) is 9.53 Å². The van der Waals surface area contributed by atoms with Gasteiger partial charge in [0.2, 0.25) is 0 Å². The maximum absolute atomic E-state index is 11.7. The SMILES string of the molecule is CCC1CC(Cl)(Sc2ccccc2)C(=O)O1. The molecule has 0 saturated carbocycles. The lowest BCUT2D eigenvalue weighted by molar-refractivity contribution is -0.141. The molecule has 0 aromatic heterocycles. The van der Waals surface area contributed by atoms with Gasteiger partial charge in [0.05, 0.1) is 0 Å². The number of thioether (sulfide) groups is 1. The summed E-state index contributed by atoms with van der Waals surface area (Å²) in [4.78, 5) is 12.7. The first kappa shape index (κ1) is 11.8. The summed E-state index contributed by atoms with van der Waals surface area (Å²) in [6.45, 7) is 1.99. The van der Waals surface area contributed by atoms with Crippen molar-refractivity contribution in [3.8, 4) is 0 Å². The maximum atomic E-state index is 11.7. The lowest BCUT2D eigenvalue weighted by Gasteiger charge is -2.15. The van der Waals surface area contributed by atoms with E-state index in [4.69, 9.17) is 16.3 Å². The highest BCUT2D eigenvalue weighted by molar-refractivity contribution is 8.02. The van der Waals surface area contributed by atoms with E-state index in [0.29, 0.717) is 6.42 Å². The van der Waals surface area contributed by atoms with E-state index in [2.05, 4.69) is 0 Å². The minimum absolute atomic E-state index is 0.0405. The van der Waals surface area contributed by atoms with Gasteiger partial charge in [-0.1, -0.05) is 48.5 Å². The molecule has 1 aromatic carbocycles. The molecule has 2 rings (SSSR count). The Hall–Kier alpha value is -0.670. The smallest absolute Gasteiger partial charge is 0.338 e. The molecule has 0 amide bonds. The largest absolute Gasteiger partial charge is 0.460 e. The summed E-state index contributed by atoms with van der Waals surface area (Å²) in [6.07, 6.45) is 1.35. The zero-order chi connectivity index (χ0) is 11.6. The molecule has 1 heterocycles. The first-order valence-corrected chi connectivity index (χ1v) is 6.47. The molecular weight excluding hydrogens is 244 g/mol. The van der Waals surface area contributed by atoms with E-state index in [0.717, 1.165) is 11.3 Å². The minimum atomic E-state index is -0.942. The van der Waals surface area contributed by atoms with Gasteiger partial charge >= 0.3 is 5.97 Å². The van der Waals surface area contributed by atoms with E-state index in [9.17, 15) is 4.79 Å². The van der Waals surface area contributed by atoms with Crippen molar-refractivity contribution < 1.29 is 9.53 Å². The van der Waals surface area contributed by atoms with Crippen molar-refractivity contribution in [1.82, 2.24) is 0 Å². The molecule has 0 aliphatic carbocycles. The molecule has 0 spiro atoms. The number of carbonyl (C=O) groups is 1. The number of alkyl halides is 1. The first-order valence-electron chi connectivity index (χ1n) is 5.28. The normalized spacial score (nSPS) is 29.1. The number of benzene rings is 1. The van der Waals surface area contributed by atoms with E-state index < -0.39 is 4.21 Å². The highest BCUT2D eigenvalue weighted by Gasteiger charge is 2.48. The molecule has 1 aliphatic rings. The predicted molar refractivity (Wildman–Crippen MR) is 65.7 cm³/mol. The highest BCUT2D eigenvalue weighted by Crippen LogP contribution is 2.46. The average molecular weight is 257 g/mol. The van der Waals surface area contributed by atoms with E-state index >= 15 is 0 Å². The fourth-order valence-electron chi connectivity index (χ4n) is 1.64. The molecular formula is C12H13ClO2S. The second-order valence-electron chi connectivity index (χ2n) is 3.78. The summed E-state index contributed by atoms with van der Waals surface area (Å²) in [6, 6.07) is 9.69. The lowest BCUT2D eigenvalue weighted by atomic mass is 10.2. The third kappa shape index (κ3) is 2.36. The number of cyclic esters (lactones) is 1. The third-order valence-electron chi connectivity index (χ3n) is 2.55. The molecule has 2 unspecified atom stereocenters. The highest BCUT2D eigenvalue weighted by atomic mass is 35.5. The molecule has 1 aliphatic heterocycles. The Balaban J connectivity index is 2.12. The molecule has 0 N–H and O–H groups in total. The molecule has 2 nitrogen and oxygen atoms in total. The lowest BCUT2D eigenvalue weighted by Crippen LogP contribution is -2.22. The predicted octanol–water partition coefficient (Wildman–Crippen LogP) is 3.44. The van der Waals surface area contributed by atoms with Gasteiger partial charge in [-0.3, -0.25) is 0 Å². The molecule has 4 heteroatoms. The molecule has 2 atom stereocenters. The Kier molecular flexibility index (Phi) is 3.45. The fraction of sp³-hybridized carbons (Fsp3) is 0.417. The number of halogens is 1. The molecule has 1 aromatic rings. The van der Waals surface area contributed by atoms with Crippen molar-refractivity contribution in [1.29, 1.82) is 0 Å². The topological polar surface area (TPSA) is 26.3 Å². The number of ether oxygens (including phenoxy) is 1. The van der Waals surface area contributed by atoms with Crippen molar-refractivity contribution in [3.63, 3.8) is 0 Å². The Morgan fingerprint density at radius 2 is 2.19 bits per heavy atom. The van der Waals surface area contributed by atoms with Gasteiger partial charge in [0.1, 0.15) is 6.10 Å². The van der Waals surface area contributed by atoms with Crippen LogP contribution in [0.1, 0.15) is 19.8 Å². The van der Waals surface area contributed by atoms with Crippen LogP contribution in [-0.4, -0.2) is 16.3 Å². The molecule has 0 radical (unpaired) electrons. The van der Waals surface area contributed by atoms with E-state index in [1.54, 1.807) is 0 Å². The monoisotopic (exact) mass is 256 g/mol. The van der Waals surface area contributed by atoms with Crippen LogP contribution >= 0.6 is 23.4 Å². The van der Waals surface area contributed by atoms with E-state index in [1.807, 2.05) is 37.3 Å². The third-order valence-corrected chi connectivity index (χ3v) is 4.25. The zero-order valence-electron chi connectivity index (χ0n) is 8.98. The second-order valence-corrected chi connectivity index (χ2v) is 6.03. The number of rotatable bonds is 3. The van der Waals surface area contributed by atoms with Crippen molar-refractivity contribution in [3.05, 3.63) is 30.3 Å². The van der Waals surface area contributed by atoms with E-state index in [-0.39, 0.29) is 12.1 Å². The van der Waals surface area contributed by atoms with E-state index in [1.165, 1.54) is 11.8 Å². The number of esters is 1. The summed E-state index contributed by atoms with van der Waals surface area (Å²) >= 11 is 7.69. The van der Waals surface area contributed by atoms with Crippen molar-refractivity contribution in [2.24, 2.45) is 0 Å². The Morgan fingerprint density at radius 1 is 1.50 bits per heavy atom. The van der Waals surface area contributed by atoms with Gasteiger partial charge < -0.3 is 4.74 Å². The summed E-state index contributed by atoms with van der Waals surface area (Å²) in [5.41, 5.74) is 0. The first-order chi connectivity index (χ1) is 7.64. The summed E-state index contributed by atoms with van der Waals surface area (Å²) < 4.78 is 4.26. The molecule has 86 valence electrons. The van der Waals surface area contributed by atoms with Crippen molar-refractivity contribution in [2.45, 2.75) is 35.0 Å². The number of carbonyl (C=O) groups excluding carboxylic acids is 1. The van der Waals surface area contributed by atoms with Gasteiger partial charge in [-0.05, 0) is 18.6 Å². The van der Waals surface area contributed by atoms with Crippen LogP contribution in [0.2, 0.25) is 0 Å². The zero-order valence-corrected chi connectivity index (χ0v) is 10.6. The second kappa shape index (κ2) is 4.68. The van der Waals surface area contributed by atoms with Gasteiger partial charge in [-0.15, -0.1) is 0 Å². The fourth-order valence-corrected chi connectivity index (χ4v) is 3.19. The Labute approximate surface area is 104 Å². The van der Waals surface area contributed by atoms with Gasteiger partial charge in [0.25, 0.3) is 0 Å². The van der Waals surface area contributed by atoms with Gasteiger partial charge in [0, 0.05) is 11.3 Å². The van der Waals surface area contributed by atoms with Crippen LogP contribution in [0.3, 0.4) is 0 Å². The van der Waals surface area contributed by atoms with Crippen LogP contribution in [0, 0.1) is 0 Å². The van der Waals surface area contributed by atoms with Crippen LogP contribution in [0.25, 0.3) is 0 Å². The summed E-state index contributed by atoms with van der Waals surface area (Å²) in [5, 5.41) is 0. The van der Waals surface area contributed by atoms with Gasteiger partial charge in [-0.25, -0.2) is 4.79 Å². The summed E-state index contributed by atoms with van der Waals surface area (Å²) in [7, 11) is 0. The van der Waals surface area contributed by atoms with Crippen LogP contribution in [0.15, 0.2) is 35.2 Å². The standard InChI is InChI=1S/C12H13ClO2S/c1-2-9-8-12(13,11(14)15-9)16-10-6-4-3-5-7-10/h3-7,9H,2,8H2,1H3. The number of hydrogen-bond donors (Lipinski definition) is 0. The Bertz CT molecular complexity index is 382. The molecule has 0 bridgehead atoms. The quantitative estimate of drug-likeness (QED) is 0.612. The average Bonchev–Trinajstić information content (AvgIpc) is 2.56.